The molecule has 0 bridgehead atoms. The molecular weight excluding hydrogens is 659 g/mol. The Balaban J connectivity index is 1.35. The van der Waals surface area contributed by atoms with Crippen LogP contribution in [0.15, 0.2) is 41.3 Å². The van der Waals surface area contributed by atoms with Crippen LogP contribution in [-0.2, 0) is 16.2 Å². The molecular formula is C37H51N3O9Si. The topological polar surface area (TPSA) is 139 Å². The number of aryl methyl sites for hydroxylation is 1. The number of aromatic nitrogens is 2. The van der Waals surface area contributed by atoms with E-state index in [2.05, 4.69) is 24.6 Å². The van der Waals surface area contributed by atoms with Crippen molar-refractivity contribution in [2.45, 2.75) is 116 Å². The third-order valence-corrected chi connectivity index (χ3v) is 10.5. The highest BCUT2D eigenvalue weighted by molar-refractivity contribution is 6.76. The van der Waals surface area contributed by atoms with Gasteiger partial charge in [0.15, 0.2) is 0 Å². The van der Waals surface area contributed by atoms with Gasteiger partial charge in [0.05, 0.1) is 24.2 Å². The minimum absolute atomic E-state index is 0.00512. The number of carboxylic acids is 1. The quantitative estimate of drug-likeness (QED) is 0.148. The molecule has 3 aromatic rings. The maximum Gasteiger partial charge on any atom is 0.410 e. The Hall–Kier alpha value is -4.10. The zero-order chi connectivity index (χ0) is 36.2. The minimum atomic E-state index is -1.29. The van der Waals surface area contributed by atoms with Crippen molar-refractivity contribution in [3.63, 3.8) is 0 Å². The lowest BCUT2D eigenvalue weighted by atomic mass is 10.1. The van der Waals surface area contributed by atoms with E-state index in [9.17, 15) is 19.5 Å². The Kier molecular flexibility index (Phi) is 11.5. The van der Waals surface area contributed by atoms with Crippen molar-refractivity contribution in [2.24, 2.45) is 0 Å². The molecule has 1 saturated carbocycles. The Morgan fingerprint density at radius 3 is 2.42 bits per heavy atom. The second-order valence-corrected chi connectivity index (χ2v) is 21.2. The summed E-state index contributed by atoms with van der Waals surface area (Å²) in [6.45, 7) is 15.0. The average Bonchev–Trinajstić information content (AvgIpc) is 3.67. The van der Waals surface area contributed by atoms with Gasteiger partial charge in [-0.15, -0.1) is 0 Å². The van der Waals surface area contributed by atoms with Crippen molar-refractivity contribution >= 4 is 31.0 Å². The maximum absolute atomic E-state index is 13.4. The van der Waals surface area contributed by atoms with Gasteiger partial charge in [0, 0.05) is 44.8 Å². The van der Waals surface area contributed by atoms with Crippen LogP contribution >= 0.6 is 0 Å². The number of carbonyl (C=O) groups is 2. The van der Waals surface area contributed by atoms with E-state index in [1.165, 1.54) is 6.07 Å². The van der Waals surface area contributed by atoms with Crippen LogP contribution in [0.25, 0.3) is 10.9 Å². The van der Waals surface area contributed by atoms with Crippen LogP contribution in [0.4, 0.5) is 4.79 Å². The molecule has 50 heavy (non-hydrogen) atoms. The van der Waals surface area contributed by atoms with Gasteiger partial charge in [-0.1, -0.05) is 19.6 Å². The number of amides is 1. The molecule has 13 heteroatoms. The second kappa shape index (κ2) is 15.4. The largest absolute Gasteiger partial charge is 0.490 e. The number of likely N-dealkylation sites (tertiary alicyclic amines) is 1. The average molecular weight is 710 g/mol. The smallest absolute Gasteiger partial charge is 0.410 e. The van der Waals surface area contributed by atoms with Crippen molar-refractivity contribution in [3.05, 3.63) is 58.0 Å². The first-order valence-corrected chi connectivity index (χ1v) is 21.2. The van der Waals surface area contributed by atoms with Crippen LogP contribution in [0, 0.1) is 6.92 Å². The van der Waals surface area contributed by atoms with Crippen molar-refractivity contribution in [2.75, 3.05) is 19.8 Å². The monoisotopic (exact) mass is 709 g/mol. The van der Waals surface area contributed by atoms with E-state index in [1.54, 1.807) is 60.7 Å². The fourth-order valence-electron chi connectivity index (χ4n) is 6.24. The molecule has 3 heterocycles. The predicted molar refractivity (Wildman–Crippen MR) is 192 cm³/mol. The molecule has 1 N–H and O–H groups in total. The van der Waals surface area contributed by atoms with Gasteiger partial charge in [-0.3, -0.25) is 14.3 Å². The van der Waals surface area contributed by atoms with E-state index < -0.39 is 37.9 Å². The van der Waals surface area contributed by atoms with Crippen LogP contribution in [-0.4, -0.2) is 83.3 Å². The number of rotatable bonds is 13. The SMILES string of the molecule is Cc1cc(OC[C@H]2C[C@H](Oc3cc4c(ccc(=O)n4COCC[Si](C)(C)C)cn3)CN2C(=O)OC(C)(C)C)c(C(=O)O)c(OC2CCCC2)c1. The summed E-state index contributed by atoms with van der Waals surface area (Å²) in [6.07, 6.45) is 4.86. The summed E-state index contributed by atoms with van der Waals surface area (Å²) in [6, 6.07) is 8.85. The Bertz CT molecular complexity index is 1740. The van der Waals surface area contributed by atoms with Gasteiger partial charge < -0.3 is 28.8 Å². The summed E-state index contributed by atoms with van der Waals surface area (Å²) in [5, 5.41) is 10.9. The number of hydrogen-bond acceptors (Lipinski definition) is 9. The maximum atomic E-state index is 13.4. The number of aromatic carboxylic acids is 1. The first-order chi connectivity index (χ1) is 23.6. The van der Waals surface area contributed by atoms with E-state index in [0.29, 0.717) is 30.2 Å². The molecule has 1 aliphatic heterocycles. The number of hydrogen-bond donors (Lipinski definition) is 1. The zero-order valence-electron chi connectivity index (χ0n) is 30.3. The lowest BCUT2D eigenvalue weighted by Crippen LogP contribution is -2.42. The normalized spacial score (nSPS) is 18.4. The number of nitrogens with zero attached hydrogens (tertiary/aromatic N) is 3. The first kappa shape index (κ1) is 37.2. The van der Waals surface area contributed by atoms with Crippen molar-refractivity contribution < 1.29 is 38.4 Å². The van der Waals surface area contributed by atoms with Gasteiger partial charge in [0.2, 0.25) is 5.88 Å². The van der Waals surface area contributed by atoms with E-state index in [4.69, 9.17) is 23.7 Å². The van der Waals surface area contributed by atoms with Crippen molar-refractivity contribution in [3.8, 4) is 17.4 Å². The summed E-state index contributed by atoms with van der Waals surface area (Å²) >= 11 is 0. The highest BCUT2D eigenvalue weighted by atomic mass is 28.3. The highest BCUT2D eigenvalue weighted by Crippen LogP contribution is 2.35. The molecule has 1 aliphatic carbocycles. The van der Waals surface area contributed by atoms with Gasteiger partial charge in [0.25, 0.3) is 5.56 Å². The molecule has 0 spiro atoms. The van der Waals surface area contributed by atoms with Crippen LogP contribution in [0.1, 0.15) is 68.8 Å². The molecule has 12 nitrogen and oxygen atoms in total. The Morgan fingerprint density at radius 1 is 1.02 bits per heavy atom. The number of pyridine rings is 2. The van der Waals surface area contributed by atoms with Crippen LogP contribution in [0.3, 0.4) is 0 Å². The molecule has 272 valence electrons. The van der Waals surface area contributed by atoms with Crippen LogP contribution in [0.2, 0.25) is 25.7 Å². The van der Waals surface area contributed by atoms with Crippen LogP contribution in [0.5, 0.6) is 17.4 Å². The summed E-state index contributed by atoms with van der Waals surface area (Å²) < 4.78 is 31.9. The first-order valence-electron chi connectivity index (χ1n) is 17.5. The molecule has 2 atom stereocenters. The van der Waals surface area contributed by atoms with Crippen molar-refractivity contribution in [1.82, 2.24) is 14.5 Å². The standard InChI is InChI=1S/C37H51N3O9Si/c1-24-16-30(34(35(42)43)31(17-24)47-27-10-8-9-11-27)46-22-26-18-28(21-39(26)36(44)49-37(2,3)4)48-32-19-29-25(20-38-32)12-13-33(41)40(29)23-45-14-15-50(5,6)7/h12-13,16-17,19-20,26-28H,8-11,14-15,18,21-23H2,1-7H3,(H,42,43)/t26-,28+/m1/s1. The molecule has 2 fully saturated rings. The third-order valence-electron chi connectivity index (χ3n) is 8.81. The van der Waals surface area contributed by atoms with E-state index in [-0.39, 0.29) is 42.9 Å². The predicted octanol–water partition coefficient (Wildman–Crippen LogP) is 6.87. The molecule has 5 rings (SSSR count). The van der Waals surface area contributed by atoms with E-state index >= 15 is 0 Å². The molecule has 2 aliphatic rings. The fraction of sp³-hybridized carbons (Fsp3) is 0.568. The van der Waals surface area contributed by atoms with E-state index in [0.717, 1.165) is 42.7 Å². The summed E-state index contributed by atoms with van der Waals surface area (Å²) in [5.74, 6) is -0.374. The van der Waals surface area contributed by atoms with Gasteiger partial charge in [0.1, 0.15) is 42.1 Å². The molecule has 1 aromatic carbocycles. The molecule has 0 radical (unpaired) electrons. The lowest BCUT2D eigenvalue weighted by Gasteiger charge is -2.28. The number of benzene rings is 1. The van der Waals surface area contributed by atoms with Gasteiger partial charge in [-0.05, 0) is 83.2 Å². The Labute approximate surface area is 294 Å². The summed E-state index contributed by atoms with van der Waals surface area (Å²) in [4.78, 5) is 44.8. The number of ether oxygens (including phenoxy) is 5. The molecule has 1 saturated heterocycles. The van der Waals surface area contributed by atoms with Gasteiger partial charge in [-0.2, -0.15) is 0 Å². The summed E-state index contributed by atoms with van der Waals surface area (Å²) in [7, 11) is -1.29. The van der Waals surface area contributed by atoms with Crippen LogP contribution < -0.4 is 19.8 Å². The van der Waals surface area contributed by atoms with Gasteiger partial charge >= 0.3 is 12.1 Å². The highest BCUT2D eigenvalue weighted by Gasteiger charge is 2.40. The zero-order valence-corrected chi connectivity index (χ0v) is 31.3. The second-order valence-electron chi connectivity index (χ2n) is 15.6. The number of carbonyl (C=O) groups excluding carboxylic acids is 1. The summed E-state index contributed by atoms with van der Waals surface area (Å²) in [5.41, 5.74) is 0.478. The van der Waals surface area contributed by atoms with E-state index in [1.807, 2.05) is 6.92 Å². The lowest BCUT2D eigenvalue weighted by molar-refractivity contribution is 0.0174. The van der Waals surface area contributed by atoms with Gasteiger partial charge in [-0.25, -0.2) is 14.6 Å². The molecule has 2 aromatic heterocycles. The number of fused-ring (bicyclic) bond motifs is 1. The molecule has 1 amide bonds. The fourth-order valence-corrected chi connectivity index (χ4v) is 7.00. The minimum Gasteiger partial charge on any atom is -0.490 e. The third kappa shape index (κ3) is 9.78. The Morgan fingerprint density at radius 2 is 1.74 bits per heavy atom. The number of carboxylic acid groups (broad SMARTS) is 1. The van der Waals surface area contributed by atoms with Crippen molar-refractivity contribution in [1.29, 1.82) is 0 Å². The molecule has 0 unspecified atom stereocenters.